The van der Waals surface area contributed by atoms with Gasteiger partial charge in [0.05, 0.1) is 11.5 Å². The molecule has 1 aliphatic rings. The normalized spacial score (nSPS) is 29.6. The fraction of sp³-hybridized carbons (Fsp3) is 0.455. The lowest BCUT2D eigenvalue weighted by atomic mass is 9.50. The number of hydrogen-bond donors (Lipinski definition) is 2. The van der Waals surface area contributed by atoms with Gasteiger partial charge in [0.15, 0.2) is 0 Å². The summed E-state index contributed by atoms with van der Waals surface area (Å²) in [6.07, 6.45) is 0.713. The molecule has 0 radical (unpaired) electrons. The van der Waals surface area contributed by atoms with E-state index >= 15 is 0 Å². The second-order valence-corrected chi connectivity index (χ2v) is 7.68. The zero-order chi connectivity index (χ0) is 17.4. The SMILES string of the molecule is CC1CC(O)C(O)(C(C)C)C(c2ccccc2)(c2ccccc2)C1. The molecule has 0 aliphatic heterocycles. The molecule has 3 atom stereocenters. The predicted octanol–water partition coefficient (Wildman–Crippen LogP) is 4.15. The molecular weight excluding hydrogens is 296 g/mol. The third-order valence-electron chi connectivity index (χ3n) is 5.89. The number of benzene rings is 2. The Morgan fingerprint density at radius 3 is 1.79 bits per heavy atom. The van der Waals surface area contributed by atoms with Crippen molar-refractivity contribution in [3.63, 3.8) is 0 Å². The van der Waals surface area contributed by atoms with Crippen molar-refractivity contribution in [2.75, 3.05) is 0 Å². The summed E-state index contributed by atoms with van der Waals surface area (Å²) in [5.41, 5.74) is 0.346. The number of aliphatic hydroxyl groups excluding tert-OH is 1. The van der Waals surface area contributed by atoms with Crippen molar-refractivity contribution < 1.29 is 10.2 Å². The first kappa shape index (κ1) is 17.2. The van der Waals surface area contributed by atoms with E-state index in [2.05, 4.69) is 31.2 Å². The molecule has 0 saturated heterocycles. The van der Waals surface area contributed by atoms with Crippen molar-refractivity contribution in [3.05, 3.63) is 71.8 Å². The Kier molecular flexibility index (Phi) is 4.54. The molecule has 24 heavy (non-hydrogen) atoms. The van der Waals surface area contributed by atoms with Gasteiger partial charge < -0.3 is 10.2 Å². The van der Waals surface area contributed by atoms with Crippen molar-refractivity contribution in [2.45, 2.75) is 50.7 Å². The number of rotatable bonds is 3. The molecule has 1 fully saturated rings. The predicted molar refractivity (Wildman–Crippen MR) is 97.9 cm³/mol. The van der Waals surface area contributed by atoms with Crippen LogP contribution in [0.3, 0.4) is 0 Å². The van der Waals surface area contributed by atoms with Gasteiger partial charge in [0.2, 0.25) is 0 Å². The molecule has 2 N–H and O–H groups in total. The molecule has 0 amide bonds. The summed E-state index contributed by atoms with van der Waals surface area (Å²) in [5, 5.41) is 22.9. The smallest absolute Gasteiger partial charge is 0.106 e. The first-order chi connectivity index (χ1) is 11.4. The summed E-state index contributed by atoms with van der Waals surface area (Å²) in [6.45, 7) is 6.20. The van der Waals surface area contributed by atoms with E-state index in [9.17, 15) is 10.2 Å². The lowest BCUT2D eigenvalue weighted by molar-refractivity contribution is -0.176. The minimum Gasteiger partial charge on any atom is -0.390 e. The first-order valence-electron chi connectivity index (χ1n) is 8.94. The molecule has 2 aromatic rings. The Bertz CT molecular complexity index is 625. The maximum atomic E-state index is 11.9. The molecule has 2 aromatic carbocycles. The van der Waals surface area contributed by atoms with Crippen molar-refractivity contribution in [2.24, 2.45) is 11.8 Å². The van der Waals surface area contributed by atoms with Gasteiger partial charge in [0, 0.05) is 0 Å². The summed E-state index contributed by atoms with van der Waals surface area (Å²) in [4.78, 5) is 0. The van der Waals surface area contributed by atoms with Crippen LogP contribution in [0.4, 0.5) is 0 Å². The highest BCUT2D eigenvalue weighted by Gasteiger charge is 2.61. The van der Waals surface area contributed by atoms with Gasteiger partial charge >= 0.3 is 0 Å². The third kappa shape index (κ3) is 2.40. The molecular formula is C22H28O2. The zero-order valence-corrected chi connectivity index (χ0v) is 14.8. The molecule has 2 heteroatoms. The molecule has 3 unspecified atom stereocenters. The molecule has 0 aromatic heterocycles. The summed E-state index contributed by atoms with van der Waals surface area (Å²) in [6, 6.07) is 20.4. The van der Waals surface area contributed by atoms with Crippen LogP contribution in [0.2, 0.25) is 0 Å². The van der Waals surface area contributed by atoms with Crippen LogP contribution < -0.4 is 0 Å². The Labute approximate surface area is 145 Å². The fourth-order valence-corrected chi connectivity index (χ4v) is 4.80. The third-order valence-corrected chi connectivity index (χ3v) is 5.89. The van der Waals surface area contributed by atoms with Crippen LogP contribution in [0, 0.1) is 11.8 Å². The van der Waals surface area contributed by atoms with E-state index in [1.807, 2.05) is 50.2 Å². The lowest BCUT2D eigenvalue weighted by Gasteiger charge is -2.57. The van der Waals surface area contributed by atoms with Gasteiger partial charge in [0.1, 0.15) is 5.60 Å². The van der Waals surface area contributed by atoms with Gasteiger partial charge in [-0.15, -0.1) is 0 Å². The fourth-order valence-electron chi connectivity index (χ4n) is 4.80. The minimum absolute atomic E-state index is 0.0691. The summed E-state index contributed by atoms with van der Waals surface area (Å²) >= 11 is 0. The monoisotopic (exact) mass is 324 g/mol. The molecule has 1 aliphatic carbocycles. The Morgan fingerprint density at radius 2 is 1.38 bits per heavy atom. The van der Waals surface area contributed by atoms with Crippen LogP contribution in [0.5, 0.6) is 0 Å². The average molecular weight is 324 g/mol. The van der Waals surface area contributed by atoms with Crippen molar-refractivity contribution >= 4 is 0 Å². The minimum atomic E-state index is -1.21. The van der Waals surface area contributed by atoms with E-state index in [0.717, 1.165) is 17.5 Å². The number of aliphatic hydroxyl groups is 2. The van der Waals surface area contributed by atoms with Crippen molar-refractivity contribution in [1.29, 1.82) is 0 Å². The molecule has 0 bridgehead atoms. The van der Waals surface area contributed by atoms with Crippen LogP contribution in [-0.4, -0.2) is 21.9 Å². The van der Waals surface area contributed by atoms with E-state index in [1.54, 1.807) is 0 Å². The van der Waals surface area contributed by atoms with Crippen molar-refractivity contribution in [1.82, 2.24) is 0 Å². The number of hydrogen-bond acceptors (Lipinski definition) is 2. The van der Waals surface area contributed by atoms with E-state index in [4.69, 9.17) is 0 Å². The van der Waals surface area contributed by atoms with Crippen LogP contribution in [-0.2, 0) is 5.41 Å². The van der Waals surface area contributed by atoms with Crippen LogP contribution in [0.1, 0.15) is 44.7 Å². The second kappa shape index (κ2) is 6.34. The topological polar surface area (TPSA) is 40.5 Å². The van der Waals surface area contributed by atoms with Gasteiger partial charge in [-0.1, -0.05) is 81.4 Å². The molecule has 1 saturated carbocycles. The molecule has 3 rings (SSSR count). The van der Waals surface area contributed by atoms with Gasteiger partial charge in [-0.25, -0.2) is 0 Å². The highest BCUT2D eigenvalue weighted by Crippen LogP contribution is 2.55. The second-order valence-electron chi connectivity index (χ2n) is 7.68. The summed E-state index contributed by atoms with van der Waals surface area (Å²) in [5.74, 6) is 0.264. The average Bonchev–Trinajstić information content (AvgIpc) is 2.59. The van der Waals surface area contributed by atoms with Gasteiger partial charge in [-0.2, -0.15) is 0 Å². The molecule has 128 valence electrons. The first-order valence-corrected chi connectivity index (χ1v) is 8.94. The maximum absolute atomic E-state index is 11.9. The van der Waals surface area contributed by atoms with E-state index in [1.165, 1.54) is 0 Å². The highest BCUT2D eigenvalue weighted by molar-refractivity contribution is 5.45. The van der Waals surface area contributed by atoms with Gasteiger partial charge in [-0.05, 0) is 35.8 Å². The van der Waals surface area contributed by atoms with Gasteiger partial charge in [-0.3, -0.25) is 0 Å². The van der Waals surface area contributed by atoms with Crippen LogP contribution in [0.15, 0.2) is 60.7 Å². The summed E-state index contributed by atoms with van der Waals surface area (Å²) in [7, 11) is 0. The Morgan fingerprint density at radius 1 is 0.917 bits per heavy atom. The molecule has 0 heterocycles. The van der Waals surface area contributed by atoms with Crippen LogP contribution in [0.25, 0.3) is 0 Å². The molecule has 0 spiro atoms. The highest BCUT2D eigenvalue weighted by atomic mass is 16.3. The standard InChI is InChI=1S/C22H28O2/c1-16(2)22(24)20(23)14-17(3)15-21(22,18-10-6-4-7-11-18)19-12-8-5-9-13-19/h4-13,16-17,20,23-24H,14-15H2,1-3H3. The maximum Gasteiger partial charge on any atom is 0.106 e. The van der Waals surface area contributed by atoms with E-state index in [-0.39, 0.29) is 5.92 Å². The lowest BCUT2D eigenvalue weighted by Crippen LogP contribution is -2.66. The van der Waals surface area contributed by atoms with E-state index in [0.29, 0.717) is 12.3 Å². The Balaban J connectivity index is 2.34. The van der Waals surface area contributed by atoms with Gasteiger partial charge in [0.25, 0.3) is 0 Å². The quantitative estimate of drug-likeness (QED) is 0.890. The van der Waals surface area contributed by atoms with E-state index < -0.39 is 17.1 Å². The largest absolute Gasteiger partial charge is 0.390 e. The van der Waals surface area contributed by atoms with Crippen molar-refractivity contribution in [3.8, 4) is 0 Å². The molecule has 2 nitrogen and oxygen atoms in total. The zero-order valence-electron chi connectivity index (χ0n) is 14.8. The van der Waals surface area contributed by atoms with Crippen LogP contribution >= 0.6 is 0 Å². The Hall–Kier alpha value is -1.64. The summed E-state index contributed by atoms with van der Waals surface area (Å²) < 4.78 is 0.